The smallest absolute Gasteiger partial charge is 0.162 e. The molecule has 0 radical (unpaired) electrons. The Morgan fingerprint density at radius 3 is 2.76 bits per heavy atom. The number of hydrogen-bond donors (Lipinski definition) is 1. The summed E-state index contributed by atoms with van der Waals surface area (Å²) in [5, 5.41) is 0.930. The van der Waals surface area contributed by atoms with Gasteiger partial charge < -0.3 is 15.2 Å². The molecule has 0 saturated heterocycles. The van der Waals surface area contributed by atoms with E-state index < -0.39 is 0 Å². The number of benzene rings is 1. The minimum Gasteiger partial charge on any atom is -0.490 e. The number of aromatic nitrogens is 1. The van der Waals surface area contributed by atoms with E-state index in [1.807, 2.05) is 37.3 Å². The SMILES string of the molecule is CC(N)c1ccnc(Sc2ccc3c(c2)OCCCO3)c1. The third-order valence-corrected chi connectivity index (χ3v) is 4.15. The molecule has 2 N–H and O–H groups in total. The van der Waals surface area contributed by atoms with Crippen molar-refractivity contribution in [1.82, 2.24) is 4.98 Å². The number of nitrogens with zero attached hydrogens (tertiary/aromatic N) is 1. The molecule has 1 unspecified atom stereocenters. The fourth-order valence-electron chi connectivity index (χ4n) is 2.09. The fourth-order valence-corrected chi connectivity index (χ4v) is 2.94. The molecule has 1 aliphatic rings. The second kappa shape index (κ2) is 6.37. The molecule has 0 amide bonds. The molecule has 0 saturated carbocycles. The van der Waals surface area contributed by atoms with Gasteiger partial charge in [-0.1, -0.05) is 11.8 Å². The van der Waals surface area contributed by atoms with Gasteiger partial charge in [0.15, 0.2) is 11.5 Å². The molecule has 3 rings (SSSR count). The van der Waals surface area contributed by atoms with Crippen LogP contribution in [0.3, 0.4) is 0 Å². The van der Waals surface area contributed by atoms with Crippen molar-refractivity contribution in [3.63, 3.8) is 0 Å². The average Bonchev–Trinajstić information content (AvgIpc) is 2.72. The standard InChI is InChI=1S/C16H18N2O2S/c1-11(17)12-5-6-18-16(9-12)21-13-3-4-14-15(10-13)20-8-2-7-19-14/h3-6,9-11H,2,7-8,17H2,1H3. The van der Waals surface area contributed by atoms with Gasteiger partial charge in [-0.3, -0.25) is 0 Å². The Morgan fingerprint density at radius 1 is 1.14 bits per heavy atom. The lowest BCUT2D eigenvalue weighted by Crippen LogP contribution is -2.04. The van der Waals surface area contributed by atoms with Gasteiger partial charge in [-0.05, 0) is 42.8 Å². The Balaban J connectivity index is 1.82. The van der Waals surface area contributed by atoms with E-state index in [4.69, 9.17) is 15.2 Å². The lowest BCUT2D eigenvalue weighted by atomic mass is 10.1. The Morgan fingerprint density at radius 2 is 1.95 bits per heavy atom. The minimum atomic E-state index is 0.0103. The molecular formula is C16H18N2O2S. The van der Waals surface area contributed by atoms with Gasteiger partial charge in [-0.15, -0.1) is 0 Å². The van der Waals surface area contributed by atoms with Gasteiger partial charge in [-0.2, -0.15) is 0 Å². The Kier molecular flexibility index (Phi) is 4.31. The largest absolute Gasteiger partial charge is 0.490 e. The molecule has 1 aromatic heterocycles. The van der Waals surface area contributed by atoms with Gasteiger partial charge in [0.2, 0.25) is 0 Å². The van der Waals surface area contributed by atoms with E-state index in [0.29, 0.717) is 13.2 Å². The predicted octanol–water partition coefficient (Wildman–Crippen LogP) is 3.41. The van der Waals surface area contributed by atoms with Crippen molar-refractivity contribution in [2.24, 2.45) is 5.73 Å². The number of hydrogen-bond acceptors (Lipinski definition) is 5. The van der Waals surface area contributed by atoms with Crippen LogP contribution in [0.25, 0.3) is 0 Å². The van der Waals surface area contributed by atoms with Crippen LogP contribution in [0, 0.1) is 0 Å². The predicted molar refractivity (Wildman–Crippen MR) is 83.0 cm³/mol. The zero-order chi connectivity index (χ0) is 14.7. The van der Waals surface area contributed by atoms with E-state index in [9.17, 15) is 0 Å². The van der Waals surface area contributed by atoms with Crippen molar-refractivity contribution < 1.29 is 9.47 Å². The third kappa shape index (κ3) is 3.49. The summed E-state index contributed by atoms with van der Waals surface area (Å²) in [4.78, 5) is 5.46. The number of rotatable bonds is 3. The van der Waals surface area contributed by atoms with Gasteiger partial charge >= 0.3 is 0 Å². The summed E-state index contributed by atoms with van der Waals surface area (Å²) in [5.74, 6) is 1.62. The van der Waals surface area contributed by atoms with Crippen LogP contribution in [0.15, 0.2) is 46.5 Å². The highest BCUT2D eigenvalue weighted by molar-refractivity contribution is 7.99. The highest BCUT2D eigenvalue weighted by Crippen LogP contribution is 2.36. The second-order valence-corrected chi connectivity index (χ2v) is 6.07. The summed E-state index contributed by atoms with van der Waals surface area (Å²) < 4.78 is 11.3. The summed E-state index contributed by atoms with van der Waals surface area (Å²) >= 11 is 1.60. The molecule has 2 aromatic rings. The minimum absolute atomic E-state index is 0.0103. The molecule has 110 valence electrons. The maximum absolute atomic E-state index is 5.91. The van der Waals surface area contributed by atoms with Crippen LogP contribution in [0.2, 0.25) is 0 Å². The van der Waals surface area contributed by atoms with Crippen LogP contribution in [-0.2, 0) is 0 Å². The van der Waals surface area contributed by atoms with Crippen molar-refractivity contribution in [2.75, 3.05) is 13.2 Å². The monoisotopic (exact) mass is 302 g/mol. The van der Waals surface area contributed by atoms with E-state index in [1.165, 1.54) is 0 Å². The van der Waals surface area contributed by atoms with E-state index in [2.05, 4.69) is 4.98 Å². The van der Waals surface area contributed by atoms with Gasteiger partial charge in [-0.25, -0.2) is 4.98 Å². The molecule has 1 atom stereocenters. The van der Waals surface area contributed by atoms with Crippen molar-refractivity contribution in [3.8, 4) is 11.5 Å². The van der Waals surface area contributed by atoms with Crippen LogP contribution in [-0.4, -0.2) is 18.2 Å². The fraction of sp³-hybridized carbons (Fsp3) is 0.312. The first-order valence-corrected chi connectivity index (χ1v) is 7.83. The lowest BCUT2D eigenvalue weighted by molar-refractivity contribution is 0.297. The quantitative estimate of drug-likeness (QED) is 0.941. The maximum Gasteiger partial charge on any atom is 0.162 e. The molecule has 0 bridgehead atoms. The highest BCUT2D eigenvalue weighted by atomic mass is 32.2. The lowest BCUT2D eigenvalue weighted by Gasteiger charge is -2.10. The summed E-state index contributed by atoms with van der Waals surface area (Å²) in [6.45, 7) is 3.37. The van der Waals surface area contributed by atoms with Crippen molar-refractivity contribution >= 4 is 11.8 Å². The third-order valence-electron chi connectivity index (χ3n) is 3.23. The normalized spacial score (nSPS) is 15.3. The number of ether oxygens (including phenoxy) is 2. The van der Waals surface area contributed by atoms with Gasteiger partial charge in [0.1, 0.15) is 5.03 Å². The molecule has 2 heterocycles. The van der Waals surface area contributed by atoms with E-state index in [1.54, 1.807) is 18.0 Å². The van der Waals surface area contributed by atoms with Crippen LogP contribution in [0.1, 0.15) is 24.9 Å². The first-order chi connectivity index (χ1) is 10.2. The van der Waals surface area contributed by atoms with Crippen LogP contribution >= 0.6 is 11.8 Å². The Bertz CT molecular complexity index is 631. The van der Waals surface area contributed by atoms with Gasteiger partial charge in [0, 0.05) is 23.6 Å². The molecule has 4 nitrogen and oxygen atoms in total. The summed E-state index contributed by atoms with van der Waals surface area (Å²) in [6.07, 6.45) is 2.71. The van der Waals surface area contributed by atoms with Crippen molar-refractivity contribution in [2.45, 2.75) is 29.3 Å². The molecule has 1 aromatic carbocycles. The summed E-state index contributed by atoms with van der Waals surface area (Å²) in [7, 11) is 0. The van der Waals surface area contributed by atoms with Crippen LogP contribution in [0.4, 0.5) is 0 Å². The zero-order valence-electron chi connectivity index (χ0n) is 11.9. The van der Waals surface area contributed by atoms with Crippen LogP contribution in [0.5, 0.6) is 11.5 Å². The Labute approximate surface area is 128 Å². The molecule has 0 fully saturated rings. The molecular weight excluding hydrogens is 284 g/mol. The van der Waals surface area contributed by atoms with E-state index in [-0.39, 0.29) is 6.04 Å². The summed E-state index contributed by atoms with van der Waals surface area (Å²) in [6, 6.07) is 9.97. The first-order valence-electron chi connectivity index (χ1n) is 7.01. The zero-order valence-corrected chi connectivity index (χ0v) is 12.7. The van der Waals surface area contributed by atoms with Gasteiger partial charge in [0.05, 0.1) is 13.2 Å². The number of fused-ring (bicyclic) bond motifs is 1. The molecule has 5 heteroatoms. The van der Waals surface area contributed by atoms with E-state index >= 15 is 0 Å². The molecule has 1 aliphatic heterocycles. The van der Waals surface area contributed by atoms with Crippen LogP contribution < -0.4 is 15.2 Å². The number of nitrogens with two attached hydrogens (primary N) is 1. The molecule has 0 spiro atoms. The number of pyridine rings is 1. The Hall–Kier alpha value is -1.72. The van der Waals surface area contributed by atoms with Crippen molar-refractivity contribution in [1.29, 1.82) is 0 Å². The van der Waals surface area contributed by atoms with Crippen molar-refractivity contribution in [3.05, 3.63) is 42.1 Å². The molecule has 0 aliphatic carbocycles. The van der Waals surface area contributed by atoms with Gasteiger partial charge in [0.25, 0.3) is 0 Å². The maximum atomic E-state index is 5.91. The first kappa shape index (κ1) is 14.2. The second-order valence-electron chi connectivity index (χ2n) is 4.98. The summed E-state index contributed by atoms with van der Waals surface area (Å²) in [5.41, 5.74) is 7.00. The molecule has 21 heavy (non-hydrogen) atoms. The highest BCUT2D eigenvalue weighted by Gasteiger charge is 2.11. The average molecular weight is 302 g/mol. The van der Waals surface area contributed by atoms with E-state index in [0.717, 1.165) is 33.4 Å². The topological polar surface area (TPSA) is 57.4 Å².